The summed E-state index contributed by atoms with van der Waals surface area (Å²) in [5.41, 5.74) is 6.03. The summed E-state index contributed by atoms with van der Waals surface area (Å²) in [6.07, 6.45) is 0.438. The van der Waals surface area contributed by atoms with E-state index in [1.165, 1.54) is 6.07 Å². The number of nitrogens with zero attached hydrogens (tertiary/aromatic N) is 1. The highest BCUT2D eigenvalue weighted by molar-refractivity contribution is 8.00. The number of para-hydroxylation sites is 2. The predicted octanol–water partition coefficient (Wildman–Crippen LogP) is 2.84. The number of hydrazine groups is 1. The number of amides is 2. The number of carbonyl (C=O) groups excluding carboxylic acids is 2. The van der Waals surface area contributed by atoms with Gasteiger partial charge in [-0.15, -0.1) is 11.8 Å². The van der Waals surface area contributed by atoms with Crippen molar-refractivity contribution in [1.29, 1.82) is 0 Å². The summed E-state index contributed by atoms with van der Waals surface area (Å²) >= 11 is 1.06. The van der Waals surface area contributed by atoms with Crippen LogP contribution in [0, 0.1) is 5.82 Å². The number of carbonyl (C=O) groups is 2. The van der Waals surface area contributed by atoms with Crippen LogP contribution in [0.2, 0.25) is 0 Å². The number of rotatable bonds is 6. The number of oxazole rings is 1. The molecule has 0 aliphatic rings. The number of aryl methyl sites for hydroxylation is 1. The first kappa shape index (κ1) is 17.9. The van der Waals surface area contributed by atoms with Gasteiger partial charge < -0.3 is 4.42 Å². The maximum absolute atomic E-state index is 13.5. The molecule has 2 N–H and O–H groups in total. The molecule has 0 aliphatic heterocycles. The quantitative estimate of drug-likeness (QED) is 0.513. The van der Waals surface area contributed by atoms with Gasteiger partial charge in [-0.1, -0.05) is 24.3 Å². The van der Waals surface area contributed by atoms with Crippen LogP contribution < -0.4 is 10.9 Å². The smallest absolute Gasteiger partial charge is 0.248 e. The largest absolute Gasteiger partial charge is 0.441 e. The van der Waals surface area contributed by atoms with E-state index < -0.39 is 5.91 Å². The molecule has 0 aliphatic carbocycles. The molecule has 0 spiro atoms. The van der Waals surface area contributed by atoms with Gasteiger partial charge in [0.2, 0.25) is 11.8 Å². The fourth-order valence-corrected chi connectivity index (χ4v) is 2.93. The zero-order chi connectivity index (χ0) is 18.4. The molecule has 0 saturated carbocycles. The minimum atomic E-state index is -0.423. The summed E-state index contributed by atoms with van der Waals surface area (Å²) in [5.74, 6) is -0.716. The van der Waals surface area contributed by atoms with Gasteiger partial charge in [-0.25, -0.2) is 9.37 Å². The Morgan fingerprint density at radius 2 is 1.77 bits per heavy atom. The van der Waals surface area contributed by atoms with Crippen LogP contribution in [0.5, 0.6) is 0 Å². The number of aromatic nitrogens is 1. The Balaban J connectivity index is 1.39. The number of hydrogen-bond donors (Lipinski definition) is 2. The highest BCUT2D eigenvalue weighted by Gasteiger charge is 2.10. The molecule has 8 heteroatoms. The van der Waals surface area contributed by atoms with Crippen LogP contribution in [0.3, 0.4) is 0 Å². The van der Waals surface area contributed by atoms with Crippen molar-refractivity contribution < 1.29 is 18.4 Å². The number of hydrogen-bond acceptors (Lipinski definition) is 5. The second kappa shape index (κ2) is 8.48. The third kappa shape index (κ3) is 4.82. The molecule has 0 unspecified atom stereocenters. The highest BCUT2D eigenvalue weighted by atomic mass is 32.2. The summed E-state index contributed by atoms with van der Waals surface area (Å²) in [6, 6.07) is 13.5. The second-order valence-electron chi connectivity index (χ2n) is 5.39. The van der Waals surface area contributed by atoms with E-state index in [1.807, 2.05) is 18.2 Å². The number of thioether (sulfide) groups is 1. The Kier molecular flexibility index (Phi) is 5.85. The third-order valence-corrected chi connectivity index (χ3v) is 4.49. The molecule has 1 aromatic heterocycles. The average Bonchev–Trinajstić information content (AvgIpc) is 3.07. The fourth-order valence-electron chi connectivity index (χ4n) is 2.19. The SMILES string of the molecule is O=C(CCc1nc2ccccc2o1)NNC(=O)CSc1ccccc1F. The van der Waals surface area contributed by atoms with Gasteiger partial charge >= 0.3 is 0 Å². The van der Waals surface area contributed by atoms with Gasteiger partial charge in [0.15, 0.2) is 11.5 Å². The number of fused-ring (bicyclic) bond motifs is 1. The summed E-state index contributed by atoms with van der Waals surface area (Å²) in [5, 5.41) is 0. The molecule has 0 bridgehead atoms. The molecule has 2 aromatic carbocycles. The van der Waals surface area contributed by atoms with Crippen molar-refractivity contribution in [1.82, 2.24) is 15.8 Å². The van der Waals surface area contributed by atoms with Gasteiger partial charge in [0, 0.05) is 17.7 Å². The van der Waals surface area contributed by atoms with Crippen LogP contribution in [0.1, 0.15) is 12.3 Å². The Bertz CT molecular complexity index is 896. The van der Waals surface area contributed by atoms with Gasteiger partial charge in [-0.05, 0) is 24.3 Å². The molecule has 0 radical (unpaired) electrons. The monoisotopic (exact) mass is 373 g/mol. The molecular weight excluding hydrogens is 357 g/mol. The molecular formula is C18H16FN3O3S. The summed E-state index contributed by atoms with van der Waals surface area (Å²) in [7, 11) is 0. The van der Waals surface area contributed by atoms with Gasteiger partial charge in [0.25, 0.3) is 0 Å². The first-order chi connectivity index (χ1) is 12.6. The summed E-state index contributed by atoms with van der Waals surface area (Å²) < 4.78 is 19.0. The van der Waals surface area contributed by atoms with Gasteiger partial charge in [-0.3, -0.25) is 20.4 Å². The second-order valence-corrected chi connectivity index (χ2v) is 6.41. The maximum Gasteiger partial charge on any atom is 0.248 e. The predicted molar refractivity (Wildman–Crippen MR) is 95.7 cm³/mol. The van der Waals surface area contributed by atoms with E-state index in [0.717, 1.165) is 17.3 Å². The van der Waals surface area contributed by atoms with E-state index in [0.29, 0.717) is 22.8 Å². The summed E-state index contributed by atoms with van der Waals surface area (Å²) in [4.78, 5) is 28.2. The van der Waals surface area contributed by atoms with Crippen molar-refractivity contribution in [3.63, 3.8) is 0 Å². The zero-order valence-electron chi connectivity index (χ0n) is 13.7. The van der Waals surface area contributed by atoms with Crippen LogP contribution in [-0.4, -0.2) is 22.6 Å². The van der Waals surface area contributed by atoms with E-state index in [2.05, 4.69) is 15.8 Å². The highest BCUT2D eigenvalue weighted by Crippen LogP contribution is 2.20. The molecule has 6 nitrogen and oxygen atoms in total. The minimum Gasteiger partial charge on any atom is -0.441 e. The number of nitrogens with one attached hydrogen (secondary N) is 2. The molecule has 2 amide bonds. The standard InChI is InChI=1S/C18H16FN3O3S/c19-12-5-1-4-8-15(12)26-11-17(24)22-21-16(23)9-10-18-20-13-6-2-3-7-14(13)25-18/h1-8H,9-11H2,(H,21,23)(H,22,24). The van der Waals surface area contributed by atoms with Gasteiger partial charge in [0.05, 0.1) is 5.75 Å². The summed E-state index contributed by atoms with van der Waals surface area (Å²) in [6.45, 7) is 0. The Hall–Kier alpha value is -2.87. The molecule has 1 heterocycles. The van der Waals surface area contributed by atoms with Crippen LogP contribution in [0.4, 0.5) is 4.39 Å². The Morgan fingerprint density at radius 1 is 1.04 bits per heavy atom. The molecule has 26 heavy (non-hydrogen) atoms. The average molecular weight is 373 g/mol. The van der Waals surface area contributed by atoms with E-state index >= 15 is 0 Å². The normalized spacial score (nSPS) is 10.7. The zero-order valence-corrected chi connectivity index (χ0v) is 14.5. The molecule has 134 valence electrons. The Labute approximate surface area is 153 Å². The number of benzene rings is 2. The van der Waals surface area contributed by atoms with E-state index in [1.54, 1.807) is 24.3 Å². The van der Waals surface area contributed by atoms with Gasteiger partial charge in [0.1, 0.15) is 11.3 Å². The lowest BCUT2D eigenvalue weighted by atomic mass is 10.3. The number of halogens is 1. The van der Waals surface area contributed by atoms with Crippen LogP contribution in [-0.2, 0) is 16.0 Å². The van der Waals surface area contributed by atoms with E-state index in [4.69, 9.17) is 4.42 Å². The topological polar surface area (TPSA) is 84.2 Å². The van der Waals surface area contributed by atoms with E-state index in [-0.39, 0.29) is 23.9 Å². The fraction of sp³-hybridized carbons (Fsp3) is 0.167. The maximum atomic E-state index is 13.5. The first-order valence-corrected chi connectivity index (χ1v) is 8.90. The van der Waals surface area contributed by atoms with Crippen molar-refractivity contribution in [3.8, 4) is 0 Å². The molecule has 3 aromatic rings. The third-order valence-electron chi connectivity index (χ3n) is 3.44. The lowest BCUT2D eigenvalue weighted by molar-refractivity contribution is -0.127. The molecule has 3 rings (SSSR count). The lowest BCUT2D eigenvalue weighted by Gasteiger charge is -2.07. The van der Waals surface area contributed by atoms with Crippen LogP contribution >= 0.6 is 11.8 Å². The Morgan fingerprint density at radius 3 is 2.58 bits per heavy atom. The van der Waals surface area contributed by atoms with Gasteiger partial charge in [-0.2, -0.15) is 0 Å². The lowest BCUT2D eigenvalue weighted by Crippen LogP contribution is -2.42. The van der Waals surface area contributed by atoms with Crippen molar-refractivity contribution in [2.75, 3.05) is 5.75 Å². The molecule has 0 saturated heterocycles. The van der Waals surface area contributed by atoms with E-state index in [9.17, 15) is 14.0 Å². The van der Waals surface area contributed by atoms with Crippen LogP contribution in [0.15, 0.2) is 57.8 Å². The molecule has 0 fully saturated rings. The first-order valence-electron chi connectivity index (χ1n) is 7.91. The van der Waals surface area contributed by atoms with Crippen molar-refractivity contribution >= 4 is 34.7 Å². The van der Waals surface area contributed by atoms with Crippen molar-refractivity contribution in [2.24, 2.45) is 0 Å². The minimum absolute atomic E-state index is 0.00760. The van der Waals surface area contributed by atoms with Crippen molar-refractivity contribution in [2.45, 2.75) is 17.7 Å². The van der Waals surface area contributed by atoms with Crippen LogP contribution in [0.25, 0.3) is 11.1 Å². The molecule has 0 atom stereocenters. The van der Waals surface area contributed by atoms with Crippen molar-refractivity contribution in [3.05, 3.63) is 60.2 Å².